The van der Waals surface area contributed by atoms with Crippen LogP contribution in [0.4, 0.5) is 5.69 Å². The van der Waals surface area contributed by atoms with Crippen LogP contribution in [0.3, 0.4) is 0 Å². The van der Waals surface area contributed by atoms with Gasteiger partial charge in [0, 0.05) is 252 Å². The summed E-state index contributed by atoms with van der Waals surface area (Å²) in [5, 5.41) is 70.6. The summed E-state index contributed by atoms with van der Waals surface area (Å²) in [5.41, 5.74) is 5.07. The van der Waals surface area contributed by atoms with Crippen LogP contribution >= 0.6 is 0 Å². The van der Waals surface area contributed by atoms with E-state index in [2.05, 4.69) is 128 Å². The van der Waals surface area contributed by atoms with Gasteiger partial charge in [0.2, 0.25) is 6.79 Å². The second kappa shape index (κ2) is 65.0. The van der Waals surface area contributed by atoms with Crippen molar-refractivity contribution in [1.82, 2.24) is 54.3 Å². The van der Waals surface area contributed by atoms with Crippen molar-refractivity contribution >= 4 is 11.6 Å². The Morgan fingerprint density at radius 1 is 0.411 bits per heavy atom. The van der Waals surface area contributed by atoms with Crippen molar-refractivity contribution in [1.29, 1.82) is 0 Å². The number of aliphatic hydroxyl groups is 7. The number of hydrogen-bond acceptors (Lipinski definition) is 32. The maximum atomic E-state index is 12.1. The van der Waals surface area contributed by atoms with Crippen molar-refractivity contribution < 1.29 is 102 Å². The van der Waals surface area contributed by atoms with Crippen LogP contribution in [0.5, 0.6) is 23.0 Å². The fourth-order valence-corrected chi connectivity index (χ4v) is 15.6. The molecule has 708 valence electrons. The Hall–Kier alpha value is -5.69. The van der Waals surface area contributed by atoms with Crippen LogP contribution in [0.25, 0.3) is 0 Å². The van der Waals surface area contributed by atoms with E-state index in [0.29, 0.717) is 98.9 Å². The van der Waals surface area contributed by atoms with Crippen LogP contribution in [-0.4, -0.2) is 480 Å². The number of aryl methyl sites for hydroxylation is 1. The molecule has 0 saturated carbocycles. The number of carbonyl (C=O) groups excluding carboxylic acids is 1. The number of hydrogen-bond donors (Lipinski definition) is 8. The van der Waals surface area contributed by atoms with Gasteiger partial charge in [-0.1, -0.05) is 66.7 Å². The first-order chi connectivity index (χ1) is 60.3. The van der Waals surface area contributed by atoms with Gasteiger partial charge in [-0.05, 0) is 99.7 Å². The Bertz CT molecular complexity index is 3270. The summed E-state index contributed by atoms with van der Waals surface area (Å²) in [6, 6.07) is 33.1. The lowest BCUT2D eigenvalue weighted by Crippen LogP contribution is -2.52. The van der Waals surface area contributed by atoms with Gasteiger partial charge in [-0.25, -0.2) is 0 Å². The summed E-state index contributed by atoms with van der Waals surface area (Å²) >= 11 is 0. The van der Waals surface area contributed by atoms with Gasteiger partial charge in [0.1, 0.15) is 17.6 Å². The molecular weight excluding hydrogens is 1600 g/mol. The van der Waals surface area contributed by atoms with Crippen molar-refractivity contribution in [2.75, 3.05) is 345 Å². The van der Waals surface area contributed by atoms with E-state index in [4.69, 9.17) is 61.6 Å². The number of anilines is 1. The van der Waals surface area contributed by atoms with E-state index in [1.54, 1.807) is 64.0 Å². The zero-order chi connectivity index (χ0) is 89.3. The van der Waals surface area contributed by atoms with Gasteiger partial charge in [-0.15, -0.1) is 0 Å². The van der Waals surface area contributed by atoms with Gasteiger partial charge in [0.25, 0.3) is 5.91 Å². The van der Waals surface area contributed by atoms with Crippen LogP contribution in [0.1, 0.15) is 42.4 Å². The molecule has 1 amide bonds. The largest absolute Gasteiger partial charge is 0.497 e. The molecule has 12 rings (SSSR count). The predicted octanol–water partition coefficient (Wildman–Crippen LogP) is 1.67. The molecule has 8 unspecified atom stereocenters. The minimum atomic E-state index is -0.453. The molecule has 0 aromatic heterocycles. The number of benzene rings is 4. The van der Waals surface area contributed by atoms with Crippen LogP contribution in [0, 0.1) is 0 Å². The highest BCUT2D eigenvalue weighted by molar-refractivity contribution is 5.81. The predicted molar refractivity (Wildman–Crippen MR) is 481 cm³/mol. The van der Waals surface area contributed by atoms with E-state index in [-0.39, 0.29) is 30.3 Å². The fourth-order valence-electron chi connectivity index (χ4n) is 15.6. The summed E-state index contributed by atoms with van der Waals surface area (Å²) in [4.78, 5) is 37.1. The maximum absolute atomic E-state index is 12.1. The van der Waals surface area contributed by atoms with Gasteiger partial charge < -0.3 is 117 Å². The van der Waals surface area contributed by atoms with E-state index in [9.17, 15) is 40.5 Å². The van der Waals surface area contributed by atoms with Crippen molar-refractivity contribution in [2.24, 2.45) is 0 Å². The Morgan fingerprint density at radius 3 is 1.31 bits per heavy atom. The zero-order valence-corrected chi connectivity index (χ0v) is 76.6. The van der Waals surface area contributed by atoms with E-state index < -0.39 is 24.4 Å². The molecule has 0 radical (unpaired) electrons. The van der Waals surface area contributed by atoms with E-state index >= 15 is 0 Å². The lowest BCUT2D eigenvalue weighted by Gasteiger charge is -2.37. The molecule has 8 N–H and O–H groups in total. The van der Waals surface area contributed by atoms with Crippen molar-refractivity contribution in [2.45, 2.75) is 94.0 Å². The van der Waals surface area contributed by atoms with Crippen molar-refractivity contribution in [3.8, 4) is 23.0 Å². The Labute approximate surface area is 740 Å². The summed E-state index contributed by atoms with van der Waals surface area (Å²) in [6.45, 7) is 34.0. The highest BCUT2D eigenvalue weighted by atomic mass is 16.7. The minimum Gasteiger partial charge on any atom is -0.497 e. The van der Waals surface area contributed by atoms with Gasteiger partial charge >= 0.3 is 0 Å². The third-order valence-corrected chi connectivity index (χ3v) is 22.3. The van der Waals surface area contributed by atoms with Gasteiger partial charge in [0.15, 0.2) is 11.5 Å². The number of nitrogens with zero attached hydrogens (tertiary/aromatic N) is 11. The van der Waals surface area contributed by atoms with Crippen LogP contribution in [0.15, 0.2) is 97.1 Å². The molecule has 7 saturated heterocycles. The fraction of sp³-hybridized carbons (Fsp3) is 0.725. The maximum Gasteiger partial charge on any atom is 0.251 e. The number of likely N-dealkylation sites (N-methyl/N-ethyl adjacent to an activating group) is 1. The van der Waals surface area contributed by atoms with Crippen LogP contribution in [-0.2, 0) is 66.9 Å². The molecule has 4 aromatic carbocycles. The van der Waals surface area contributed by atoms with Crippen molar-refractivity contribution in [3.63, 3.8) is 0 Å². The molecule has 124 heavy (non-hydrogen) atoms. The van der Waals surface area contributed by atoms with E-state index in [0.717, 1.165) is 244 Å². The molecule has 8 heterocycles. The molecule has 0 bridgehead atoms. The van der Waals surface area contributed by atoms with Gasteiger partial charge in [-0.3, -0.25) is 44.0 Å². The summed E-state index contributed by atoms with van der Waals surface area (Å²) in [6.07, 6.45) is 2.19. The quantitative estimate of drug-likeness (QED) is 0.0294. The topological polar surface area (TPSA) is 326 Å². The molecule has 7 fully saturated rings. The molecule has 4 aromatic rings. The molecule has 8 aliphatic rings. The number of piperazine rings is 4. The summed E-state index contributed by atoms with van der Waals surface area (Å²) in [7, 11) is 16.7. The first-order valence-electron chi connectivity index (χ1n) is 44.6. The highest BCUT2D eigenvalue weighted by Crippen LogP contribution is 2.34. The smallest absolute Gasteiger partial charge is 0.251 e. The monoisotopic (exact) mass is 1760 g/mol. The molecule has 33 nitrogen and oxygen atoms in total. The SMILES string of the molecule is COCC(O)CN1CCCN(Cc2ccccc2)CC1.COCC(O)CN1CCN(C(=O)C2CCCO2)CC1.COCC(O)CN1CCN(C)CC1.COCC(O)CN1CCN(Cc2ccc3c(c2)OCO3)CC1.COCC(O)CN1CCN(c2ccc(OC)cc2OC)CC1.COCC(O)CN1CCOCC1.COCC(O)CNCCCc1ccccc1. The molecule has 33 heteroatoms. The molecule has 0 aliphatic carbocycles. The Balaban J connectivity index is 0.000000226. The summed E-state index contributed by atoms with van der Waals surface area (Å²) < 4.78 is 66.5. The normalized spacial score (nSPS) is 20.2. The number of fused-ring (bicyclic) bond motifs is 1. The number of β-amino-alcohol motifs (C(OH)–C–C–N with tert-alkyl or cyclic N) is 6. The van der Waals surface area contributed by atoms with Gasteiger partial charge in [0.05, 0.1) is 122 Å². The molecule has 0 spiro atoms. The second-order valence-electron chi connectivity index (χ2n) is 32.7. The lowest BCUT2D eigenvalue weighted by atomic mass is 10.1. The zero-order valence-electron chi connectivity index (χ0n) is 76.6. The highest BCUT2D eigenvalue weighted by Gasteiger charge is 2.32. The first-order valence-corrected chi connectivity index (χ1v) is 44.6. The number of morpholine rings is 1. The Kier molecular flexibility index (Phi) is 56.1. The number of rotatable bonds is 40. The van der Waals surface area contributed by atoms with E-state index in [1.807, 2.05) is 35.2 Å². The average molecular weight is 1760 g/mol. The first kappa shape index (κ1) is 107. The number of amides is 1. The lowest BCUT2D eigenvalue weighted by molar-refractivity contribution is -0.142. The van der Waals surface area contributed by atoms with Crippen LogP contribution in [0.2, 0.25) is 0 Å². The molecule has 8 aliphatic heterocycles. The third kappa shape index (κ3) is 45.0. The minimum absolute atomic E-state index is 0.134. The third-order valence-electron chi connectivity index (χ3n) is 22.3. The van der Waals surface area contributed by atoms with Gasteiger partial charge in [-0.2, -0.15) is 0 Å². The number of ether oxygens (including phenoxy) is 13. The molecule has 8 atom stereocenters. The molecular formula is C91H158N12O21. The Morgan fingerprint density at radius 2 is 0.831 bits per heavy atom. The number of carbonyl (C=O) groups is 1. The van der Waals surface area contributed by atoms with Crippen molar-refractivity contribution in [3.05, 3.63) is 114 Å². The number of methoxy groups -OCH3 is 9. The second-order valence-corrected chi connectivity index (χ2v) is 32.7. The standard InChI is InChI=1S/C16H24N2O4.C16H26N2O4.C16H26N2O2.C13H24N2O4.C13H21NO2.C9H20N2O2.C8H17NO3/c1-20-11-14(19)10-18-6-4-17(5-7-18)9-13-2-3-15-16(8-13)22-12-21-15;1-20-12-13(19)11-17-6-8-18(9-7-17)15-5-4-14(21-2)10-16(15)22-3;1-20-14-16(19)13-18-9-5-8-17(10-11-18)12-15-6-3-2-4-7-15;1-18-10-11(16)9-14-4-6-15(7-5-14)13(17)12-3-2-8-19-12;1-16-11-13(15)10-14-9-5-8-12-6-3-2-4-7-12;1-10-3-5-11(6-4-10)7-9(12)8-13-2;1-11-7-8(10)6-9-2-4-12-5-3-9/h2-3,8,14,19H,4-7,9-12H2,1H3;4-5,10,13,19H,6-9,11-12H2,1-3H3;2-4,6-7,16,19H,5,8-14H2,1H3;11-12,16H,2-10H2,1H3;2-4,6-7,13-15H,5,8-11H2,1H3;9,12H,3-8H2,1-2H3;8,10H,2-7H2,1H3. The summed E-state index contributed by atoms with van der Waals surface area (Å²) in [5.74, 6) is 3.43. The average Bonchev–Trinajstić information content (AvgIpc) is 1.34. The number of nitrogens with one attached hydrogen (secondary N) is 1. The van der Waals surface area contributed by atoms with E-state index in [1.165, 1.54) is 16.7 Å². The van der Waals surface area contributed by atoms with Crippen LogP contribution < -0.4 is 29.2 Å². The number of aliphatic hydroxyl groups excluding tert-OH is 7.